The van der Waals surface area contributed by atoms with Gasteiger partial charge in [0.05, 0.1) is 10.9 Å². The van der Waals surface area contributed by atoms with E-state index >= 15 is 0 Å². The smallest absolute Gasteiger partial charge is 0.253 e. The maximum atomic E-state index is 2.78. The van der Waals surface area contributed by atoms with Crippen LogP contribution in [0.15, 0.2) is 115 Å². The largest absolute Gasteiger partial charge is 0.315 e. The van der Waals surface area contributed by atoms with Crippen LogP contribution >= 0.6 is 0 Å². The van der Waals surface area contributed by atoms with Gasteiger partial charge in [-0.1, -0.05) is 133 Å². The van der Waals surface area contributed by atoms with E-state index in [1.165, 1.54) is 127 Å². The molecule has 0 saturated heterocycles. The lowest BCUT2D eigenvalue weighted by Crippen LogP contribution is -2.61. The predicted molar refractivity (Wildman–Crippen MR) is 247 cm³/mol. The summed E-state index contributed by atoms with van der Waals surface area (Å²) in [5, 5.41) is 6.88. The van der Waals surface area contributed by atoms with E-state index < -0.39 is 5.41 Å². The third-order valence-corrected chi connectivity index (χ3v) is 16.2. The van der Waals surface area contributed by atoms with Gasteiger partial charge in [-0.2, -0.15) is 0 Å². The monoisotopic (exact) mass is 746 g/mol. The molecule has 0 unspecified atom stereocenters. The van der Waals surface area contributed by atoms with Gasteiger partial charge in [0, 0.05) is 44.3 Å². The lowest BCUT2D eigenvalue weighted by molar-refractivity contribution is 0.505. The van der Waals surface area contributed by atoms with Gasteiger partial charge in [-0.05, 0) is 139 Å². The molecule has 0 fully saturated rings. The number of aryl methyl sites for hydroxylation is 1. The van der Waals surface area contributed by atoms with Crippen molar-refractivity contribution in [1.29, 1.82) is 0 Å². The summed E-state index contributed by atoms with van der Waals surface area (Å²) in [6.45, 7) is 19.3. The molecule has 0 atom stereocenters. The molecule has 0 radical (unpaired) electrons. The van der Waals surface area contributed by atoms with E-state index in [0.717, 1.165) is 12.8 Å². The van der Waals surface area contributed by atoms with E-state index in [0.29, 0.717) is 0 Å². The van der Waals surface area contributed by atoms with Crippen LogP contribution in [0.3, 0.4) is 0 Å². The topological polar surface area (TPSA) is 9.86 Å². The molecule has 2 nitrogen and oxygen atoms in total. The van der Waals surface area contributed by atoms with Gasteiger partial charge in [0.2, 0.25) is 0 Å². The average Bonchev–Trinajstić information content (AvgIpc) is 3.83. The minimum absolute atomic E-state index is 0.00448. The van der Waals surface area contributed by atoms with Crippen LogP contribution in [0.4, 0.5) is 0 Å². The molecule has 1 spiro atoms. The van der Waals surface area contributed by atoms with Gasteiger partial charge in [-0.15, -0.1) is 0 Å². The Morgan fingerprint density at radius 2 is 1.16 bits per heavy atom. The fraction of sp³-hybridized carbons (Fsp3) is 0.236. The summed E-state index contributed by atoms with van der Waals surface area (Å²) in [6.07, 6.45) is 2.14. The van der Waals surface area contributed by atoms with E-state index in [1.807, 2.05) is 0 Å². The van der Waals surface area contributed by atoms with Crippen LogP contribution in [-0.4, -0.2) is 15.8 Å². The van der Waals surface area contributed by atoms with Crippen LogP contribution in [0.25, 0.3) is 66.0 Å². The Morgan fingerprint density at radius 3 is 1.84 bits per heavy atom. The summed E-state index contributed by atoms with van der Waals surface area (Å²) in [7, 11) is 0. The Morgan fingerprint density at radius 1 is 0.534 bits per heavy atom. The summed E-state index contributed by atoms with van der Waals surface area (Å²) in [5.74, 6) is 0. The number of rotatable bonds is 4. The van der Waals surface area contributed by atoms with Gasteiger partial charge in [-0.3, -0.25) is 0 Å². The number of nitrogens with zero attached hydrogens (tertiary/aromatic N) is 2. The van der Waals surface area contributed by atoms with Crippen LogP contribution in [0, 0.1) is 13.8 Å². The van der Waals surface area contributed by atoms with Crippen molar-refractivity contribution >= 4 is 66.6 Å². The van der Waals surface area contributed by atoms with E-state index in [4.69, 9.17) is 0 Å². The lowest BCUT2D eigenvalue weighted by Gasteiger charge is -2.44. The third kappa shape index (κ3) is 3.51. The van der Waals surface area contributed by atoms with Crippen LogP contribution in [0.5, 0.6) is 0 Å². The molecule has 3 aliphatic heterocycles. The van der Waals surface area contributed by atoms with E-state index in [1.54, 1.807) is 0 Å². The SMILES string of the molecule is CCC(C)(C)c1cc2c3c(c1)c1cc(C(C)(C)CC)cc4c1n3-c1c(ccc3c1B2c1c2ccccc2cc2c(C)c(C)n-3c12)C41c2ccccc2-c2ccccc21. The molecule has 0 N–H and O–H groups in total. The van der Waals surface area contributed by atoms with Crippen LogP contribution in [0.2, 0.25) is 0 Å². The first kappa shape index (κ1) is 33.2. The molecule has 4 aliphatic rings. The van der Waals surface area contributed by atoms with Crippen molar-refractivity contribution in [2.75, 3.05) is 0 Å². The van der Waals surface area contributed by atoms with E-state index in [9.17, 15) is 0 Å². The zero-order valence-electron chi connectivity index (χ0n) is 34.9. The Hall–Kier alpha value is -5.80. The quantitative estimate of drug-likeness (QED) is 0.159. The Labute approximate surface area is 341 Å². The zero-order chi connectivity index (χ0) is 39.4. The minimum Gasteiger partial charge on any atom is -0.315 e. The van der Waals surface area contributed by atoms with Crippen LogP contribution < -0.4 is 16.4 Å². The van der Waals surface area contributed by atoms with Crippen molar-refractivity contribution in [2.24, 2.45) is 0 Å². The molecule has 3 heteroatoms. The highest BCUT2D eigenvalue weighted by molar-refractivity contribution is 7.01. The highest BCUT2D eigenvalue weighted by Gasteiger charge is 2.55. The molecule has 0 amide bonds. The maximum absolute atomic E-state index is 2.78. The number of hydrogen-bond acceptors (Lipinski definition) is 0. The molecule has 1 aliphatic carbocycles. The maximum Gasteiger partial charge on any atom is 0.253 e. The first-order valence-corrected chi connectivity index (χ1v) is 21.6. The van der Waals surface area contributed by atoms with Crippen molar-refractivity contribution < 1.29 is 0 Å². The first-order chi connectivity index (χ1) is 28.0. The second-order valence-electron chi connectivity index (χ2n) is 19.3. The Kier molecular flexibility index (Phi) is 5.97. The second kappa shape index (κ2) is 10.4. The standard InChI is InChI=1S/C55H47BN2/c1-9-53(5,6)33-26-39-40-27-34(54(7,8)10-2)29-45-50(40)58-49(39)44(28-33)55(41-21-15-13-19-36(41)37-20-14-16-22-42(37)55)43-23-24-46-48(52(43)58)56(45)47-35-18-12-11-17-32(35)25-38-30(3)31(4)57(46)51(38)47/h11-29H,9-10H2,1-8H3. The molecule has 58 heavy (non-hydrogen) atoms. The van der Waals surface area contributed by atoms with Gasteiger partial charge in [-0.25, -0.2) is 0 Å². The number of benzene rings is 7. The second-order valence-corrected chi connectivity index (χ2v) is 19.3. The molecular formula is C55H47BN2. The first-order valence-electron chi connectivity index (χ1n) is 21.6. The highest BCUT2D eigenvalue weighted by Crippen LogP contribution is 2.62. The molecule has 5 heterocycles. The molecule has 2 aromatic heterocycles. The number of aromatic nitrogens is 2. The summed E-state index contributed by atoms with van der Waals surface area (Å²) >= 11 is 0. The van der Waals surface area contributed by atoms with Crippen molar-refractivity contribution in [1.82, 2.24) is 9.13 Å². The van der Waals surface area contributed by atoms with Gasteiger partial charge in [0.15, 0.2) is 0 Å². The van der Waals surface area contributed by atoms with Crippen molar-refractivity contribution in [2.45, 2.75) is 84.5 Å². The Bertz CT molecular complexity index is 3360. The summed E-state index contributed by atoms with van der Waals surface area (Å²) < 4.78 is 5.42. The average molecular weight is 747 g/mol. The van der Waals surface area contributed by atoms with Crippen molar-refractivity contribution in [3.63, 3.8) is 0 Å². The zero-order valence-corrected chi connectivity index (χ0v) is 34.9. The summed E-state index contributed by atoms with van der Waals surface area (Å²) in [4.78, 5) is 0. The van der Waals surface area contributed by atoms with Crippen LogP contribution in [0.1, 0.15) is 99.0 Å². The minimum atomic E-state index is -0.483. The summed E-state index contributed by atoms with van der Waals surface area (Å²) in [6, 6.07) is 45.9. The normalized spacial score (nSPS) is 15.1. The number of hydrogen-bond donors (Lipinski definition) is 0. The fourth-order valence-corrected chi connectivity index (χ4v) is 12.3. The Balaban J connectivity index is 1.35. The number of fused-ring (bicyclic) bond motifs is 13. The van der Waals surface area contributed by atoms with Gasteiger partial charge in [0.25, 0.3) is 6.71 Å². The molecule has 13 rings (SSSR count). The predicted octanol–water partition coefficient (Wildman–Crippen LogP) is 11.7. The molecule has 7 aromatic carbocycles. The van der Waals surface area contributed by atoms with Gasteiger partial charge in [0.1, 0.15) is 0 Å². The molecule has 280 valence electrons. The van der Waals surface area contributed by atoms with E-state index in [2.05, 4.69) is 180 Å². The lowest BCUT2D eigenvalue weighted by atomic mass is 9.33. The fourth-order valence-electron chi connectivity index (χ4n) is 12.3. The van der Waals surface area contributed by atoms with E-state index in [-0.39, 0.29) is 17.5 Å². The van der Waals surface area contributed by atoms with Gasteiger partial charge >= 0.3 is 0 Å². The molecule has 0 saturated carbocycles. The van der Waals surface area contributed by atoms with Gasteiger partial charge < -0.3 is 9.13 Å². The van der Waals surface area contributed by atoms with Crippen LogP contribution in [-0.2, 0) is 16.2 Å². The molecule has 9 aromatic rings. The van der Waals surface area contributed by atoms with Crippen molar-refractivity contribution in [3.05, 3.63) is 160 Å². The molecule has 0 bridgehead atoms. The summed E-state index contributed by atoms with van der Waals surface area (Å²) in [5.41, 5.74) is 24.8. The molecular weight excluding hydrogens is 699 g/mol. The third-order valence-electron chi connectivity index (χ3n) is 16.2. The highest BCUT2D eigenvalue weighted by atomic mass is 15.1. The van der Waals surface area contributed by atoms with Crippen molar-refractivity contribution in [3.8, 4) is 22.5 Å².